The molecule has 4 aliphatic rings. The van der Waals surface area contributed by atoms with Gasteiger partial charge in [-0.15, -0.1) is 0 Å². The molecule has 0 radical (unpaired) electrons. The summed E-state index contributed by atoms with van der Waals surface area (Å²) >= 11 is 0. The highest BCUT2D eigenvalue weighted by molar-refractivity contribution is 5.99. The molecule has 3 N–H and O–H groups in total. The van der Waals surface area contributed by atoms with Gasteiger partial charge in [0.05, 0.1) is 17.4 Å². The Hall–Kier alpha value is -1.67. The average Bonchev–Trinajstić information content (AvgIpc) is 3.32. The standard InChI is InChI=1S/C23H37N3O5/c1-22-11-12-23(31-22)17(16(22)19(28)24-2)21(30)26(13-7-4-8-14-27)18(23)20(29)25-15-9-5-3-6-10-15/h15-18,27H,3-14H2,1-2H3,(H,24,28)(H,25,29)/t16-,17-,18?,22+,23?/m0/s1. The topological polar surface area (TPSA) is 108 Å². The van der Waals surface area contributed by atoms with Crippen LogP contribution in [0.2, 0.25) is 0 Å². The number of nitrogens with one attached hydrogen (secondary N) is 2. The van der Waals surface area contributed by atoms with Gasteiger partial charge in [0.25, 0.3) is 0 Å². The van der Waals surface area contributed by atoms with E-state index in [0.29, 0.717) is 32.2 Å². The molecule has 31 heavy (non-hydrogen) atoms. The quantitative estimate of drug-likeness (QED) is 0.495. The van der Waals surface area contributed by atoms with Crippen molar-refractivity contribution < 1.29 is 24.2 Å². The second-order valence-corrected chi connectivity index (χ2v) is 10.0. The lowest BCUT2D eigenvalue weighted by molar-refractivity contribution is -0.146. The fraction of sp³-hybridized carbons (Fsp3) is 0.870. The Morgan fingerprint density at radius 3 is 2.55 bits per heavy atom. The normalized spacial score (nSPS) is 37.2. The summed E-state index contributed by atoms with van der Waals surface area (Å²) in [6.07, 6.45) is 8.82. The number of rotatable bonds is 8. The summed E-state index contributed by atoms with van der Waals surface area (Å²) in [5.74, 6) is -1.65. The molecule has 0 aromatic heterocycles. The van der Waals surface area contributed by atoms with Crippen molar-refractivity contribution in [3.05, 3.63) is 0 Å². The molecule has 8 nitrogen and oxygen atoms in total. The zero-order valence-corrected chi connectivity index (χ0v) is 18.8. The van der Waals surface area contributed by atoms with Crippen LogP contribution >= 0.6 is 0 Å². The van der Waals surface area contributed by atoms with Gasteiger partial charge in [0, 0.05) is 26.2 Å². The molecule has 3 aliphatic heterocycles. The molecule has 3 amide bonds. The summed E-state index contributed by atoms with van der Waals surface area (Å²) in [4.78, 5) is 41.7. The molecular weight excluding hydrogens is 398 g/mol. The van der Waals surface area contributed by atoms with E-state index in [0.717, 1.165) is 32.1 Å². The van der Waals surface area contributed by atoms with Crippen molar-refractivity contribution in [3.63, 3.8) is 0 Å². The molecule has 1 aliphatic carbocycles. The fourth-order valence-electron chi connectivity index (χ4n) is 6.62. The number of amides is 3. The van der Waals surface area contributed by atoms with Crippen LogP contribution < -0.4 is 10.6 Å². The van der Waals surface area contributed by atoms with E-state index in [-0.39, 0.29) is 30.4 Å². The van der Waals surface area contributed by atoms with E-state index in [2.05, 4.69) is 10.6 Å². The van der Waals surface area contributed by atoms with Crippen molar-refractivity contribution >= 4 is 17.7 Å². The number of aliphatic hydroxyl groups is 1. The number of likely N-dealkylation sites (tertiary alicyclic amines) is 1. The molecule has 0 aromatic carbocycles. The number of carbonyl (C=O) groups is 3. The number of unbranched alkanes of at least 4 members (excludes halogenated alkanes) is 2. The maximum atomic E-state index is 13.7. The van der Waals surface area contributed by atoms with Crippen molar-refractivity contribution in [2.24, 2.45) is 11.8 Å². The summed E-state index contributed by atoms with van der Waals surface area (Å²) in [5.41, 5.74) is -1.65. The van der Waals surface area contributed by atoms with Gasteiger partial charge in [-0.25, -0.2) is 0 Å². The number of ether oxygens (including phenoxy) is 1. The molecule has 2 bridgehead atoms. The Morgan fingerprint density at radius 1 is 1.13 bits per heavy atom. The van der Waals surface area contributed by atoms with Crippen LogP contribution in [0.3, 0.4) is 0 Å². The van der Waals surface area contributed by atoms with E-state index in [1.54, 1.807) is 11.9 Å². The molecule has 4 fully saturated rings. The predicted octanol–water partition coefficient (Wildman–Crippen LogP) is 1.11. The minimum absolute atomic E-state index is 0.117. The lowest BCUT2D eigenvalue weighted by Gasteiger charge is -2.35. The highest BCUT2D eigenvalue weighted by Crippen LogP contribution is 2.63. The first-order valence-corrected chi connectivity index (χ1v) is 12.0. The predicted molar refractivity (Wildman–Crippen MR) is 114 cm³/mol. The summed E-state index contributed by atoms with van der Waals surface area (Å²) < 4.78 is 6.53. The van der Waals surface area contributed by atoms with Crippen molar-refractivity contribution in [2.75, 3.05) is 20.2 Å². The van der Waals surface area contributed by atoms with Gasteiger partial charge in [0.15, 0.2) is 0 Å². The Labute approximate surface area is 184 Å². The minimum Gasteiger partial charge on any atom is -0.396 e. The molecule has 3 saturated heterocycles. The monoisotopic (exact) mass is 435 g/mol. The van der Waals surface area contributed by atoms with Gasteiger partial charge in [-0.3, -0.25) is 14.4 Å². The Kier molecular flexibility index (Phi) is 6.32. The largest absolute Gasteiger partial charge is 0.396 e. The molecule has 8 heteroatoms. The van der Waals surface area contributed by atoms with E-state index < -0.39 is 29.1 Å². The van der Waals surface area contributed by atoms with Crippen LogP contribution in [-0.2, 0) is 19.1 Å². The van der Waals surface area contributed by atoms with Crippen molar-refractivity contribution in [1.29, 1.82) is 0 Å². The molecule has 4 rings (SSSR count). The highest BCUT2D eigenvalue weighted by Gasteiger charge is 2.77. The third-order valence-electron chi connectivity index (χ3n) is 8.06. The first-order valence-electron chi connectivity index (χ1n) is 12.0. The van der Waals surface area contributed by atoms with Crippen LogP contribution in [0, 0.1) is 11.8 Å². The Bertz CT molecular complexity index is 724. The van der Waals surface area contributed by atoms with Gasteiger partial charge in [0.2, 0.25) is 17.7 Å². The third-order valence-corrected chi connectivity index (χ3v) is 8.06. The SMILES string of the molecule is CNC(=O)[C@@H]1[C@H]2C(=O)N(CCCCCO)C(C(=O)NC3CCCCC3)C23CC[C@@]1(C)O3. The van der Waals surface area contributed by atoms with E-state index in [4.69, 9.17) is 9.84 Å². The van der Waals surface area contributed by atoms with Gasteiger partial charge >= 0.3 is 0 Å². The first kappa shape index (κ1) is 22.5. The molecule has 1 spiro atoms. The summed E-state index contributed by atoms with van der Waals surface area (Å²) in [7, 11) is 1.59. The minimum atomic E-state index is -0.932. The number of aliphatic hydroxyl groups excluding tert-OH is 1. The van der Waals surface area contributed by atoms with E-state index in [1.165, 1.54) is 6.42 Å². The van der Waals surface area contributed by atoms with Crippen LogP contribution in [0.1, 0.15) is 71.1 Å². The highest BCUT2D eigenvalue weighted by atomic mass is 16.5. The van der Waals surface area contributed by atoms with Crippen LogP contribution in [-0.4, -0.2) is 71.2 Å². The van der Waals surface area contributed by atoms with Gasteiger partial charge in [0.1, 0.15) is 11.6 Å². The van der Waals surface area contributed by atoms with Crippen molar-refractivity contribution in [3.8, 4) is 0 Å². The molecule has 174 valence electrons. The number of carbonyl (C=O) groups excluding carboxylic acids is 3. The molecule has 1 saturated carbocycles. The van der Waals surface area contributed by atoms with Crippen LogP contribution in [0.25, 0.3) is 0 Å². The smallest absolute Gasteiger partial charge is 0.246 e. The second kappa shape index (κ2) is 8.70. The summed E-state index contributed by atoms with van der Waals surface area (Å²) in [6.45, 7) is 2.47. The number of hydrogen-bond donors (Lipinski definition) is 3. The molecule has 2 unspecified atom stereocenters. The second-order valence-electron chi connectivity index (χ2n) is 10.0. The molecule has 3 heterocycles. The maximum absolute atomic E-state index is 13.7. The zero-order chi connectivity index (χ0) is 22.2. The molecule has 0 aromatic rings. The van der Waals surface area contributed by atoms with Gasteiger partial charge in [-0.05, 0) is 51.9 Å². The van der Waals surface area contributed by atoms with Crippen LogP contribution in [0.15, 0.2) is 0 Å². The van der Waals surface area contributed by atoms with Gasteiger partial charge in [-0.1, -0.05) is 19.3 Å². The fourth-order valence-corrected chi connectivity index (χ4v) is 6.62. The lowest BCUT2D eigenvalue weighted by Crippen LogP contribution is -2.57. The first-order chi connectivity index (χ1) is 14.9. The van der Waals surface area contributed by atoms with Gasteiger partial charge in [-0.2, -0.15) is 0 Å². The number of nitrogens with zero attached hydrogens (tertiary/aromatic N) is 1. The Balaban J connectivity index is 1.62. The van der Waals surface area contributed by atoms with Crippen LogP contribution in [0.4, 0.5) is 0 Å². The van der Waals surface area contributed by atoms with Gasteiger partial charge < -0.3 is 25.4 Å². The van der Waals surface area contributed by atoms with Crippen molar-refractivity contribution in [1.82, 2.24) is 15.5 Å². The van der Waals surface area contributed by atoms with Crippen LogP contribution in [0.5, 0.6) is 0 Å². The number of fused-ring (bicyclic) bond motifs is 1. The Morgan fingerprint density at radius 2 is 1.87 bits per heavy atom. The third kappa shape index (κ3) is 3.65. The van der Waals surface area contributed by atoms with E-state index >= 15 is 0 Å². The molecule has 5 atom stereocenters. The van der Waals surface area contributed by atoms with E-state index in [1.807, 2.05) is 6.92 Å². The zero-order valence-electron chi connectivity index (χ0n) is 18.8. The average molecular weight is 436 g/mol. The van der Waals surface area contributed by atoms with E-state index in [9.17, 15) is 14.4 Å². The lowest BCUT2D eigenvalue weighted by atomic mass is 9.66. The van der Waals surface area contributed by atoms with Crippen molar-refractivity contribution in [2.45, 2.75) is 94.4 Å². The number of hydrogen-bond acceptors (Lipinski definition) is 5. The summed E-state index contributed by atoms with van der Waals surface area (Å²) in [6, 6.07) is -0.551. The summed E-state index contributed by atoms with van der Waals surface area (Å²) in [5, 5.41) is 15.0. The molecular formula is C23H37N3O5. The maximum Gasteiger partial charge on any atom is 0.246 e.